The van der Waals surface area contributed by atoms with Crippen molar-refractivity contribution in [2.45, 2.75) is 19.8 Å². The van der Waals surface area contributed by atoms with Gasteiger partial charge in [-0.25, -0.2) is 4.39 Å². The van der Waals surface area contributed by atoms with E-state index in [1.807, 2.05) is 30.3 Å². The number of H-pyrrole nitrogens is 1. The van der Waals surface area contributed by atoms with Gasteiger partial charge in [-0.2, -0.15) is 0 Å². The van der Waals surface area contributed by atoms with Gasteiger partial charge in [0.25, 0.3) is 0 Å². The summed E-state index contributed by atoms with van der Waals surface area (Å²) in [6.07, 6.45) is 0.854. The van der Waals surface area contributed by atoms with Crippen molar-refractivity contribution >= 4 is 16.9 Å². The minimum atomic E-state index is -0.282. The van der Waals surface area contributed by atoms with Gasteiger partial charge in [0.1, 0.15) is 5.82 Å². The predicted octanol–water partition coefficient (Wildman–Crippen LogP) is 4.47. The highest BCUT2D eigenvalue weighted by molar-refractivity contribution is 5.91. The lowest BCUT2D eigenvalue weighted by atomic mass is 10.0. The van der Waals surface area contributed by atoms with E-state index < -0.39 is 0 Å². The fraction of sp³-hybridized carbons (Fsp3) is 0.211. The molecular weight excluding hydrogens is 293 g/mol. The van der Waals surface area contributed by atoms with Crippen LogP contribution in [0.4, 0.5) is 4.39 Å². The number of aromatic nitrogens is 1. The van der Waals surface area contributed by atoms with Gasteiger partial charge in [-0.1, -0.05) is 30.3 Å². The summed E-state index contributed by atoms with van der Waals surface area (Å²) >= 11 is 0. The number of esters is 1. The Morgan fingerprint density at radius 2 is 1.96 bits per heavy atom. The average molecular weight is 311 g/mol. The molecule has 0 spiro atoms. The molecule has 3 aromatic rings. The maximum atomic E-state index is 13.5. The van der Waals surface area contributed by atoms with Crippen LogP contribution in [-0.4, -0.2) is 17.6 Å². The standard InChI is InChI=1S/C19H18FNO2/c1-2-23-18(22)11-10-16-15-9-8-14(20)12-17(15)21-19(16)13-6-4-3-5-7-13/h3-9,12,21H,2,10-11H2,1H3. The summed E-state index contributed by atoms with van der Waals surface area (Å²) < 4.78 is 18.5. The summed E-state index contributed by atoms with van der Waals surface area (Å²) in [5.41, 5.74) is 3.69. The second-order valence-electron chi connectivity index (χ2n) is 5.34. The van der Waals surface area contributed by atoms with Gasteiger partial charge in [-0.3, -0.25) is 4.79 Å². The van der Waals surface area contributed by atoms with Crippen molar-refractivity contribution in [3.63, 3.8) is 0 Å². The zero-order chi connectivity index (χ0) is 16.2. The summed E-state index contributed by atoms with van der Waals surface area (Å²) in [7, 11) is 0. The summed E-state index contributed by atoms with van der Waals surface area (Å²) in [6, 6.07) is 14.5. The van der Waals surface area contributed by atoms with Gasteiger partial charge in [-0.15, -0.1) is 0 Å². The SMILES string of the molecule is CCOC(=O)CCc1c(-c2ccccc2)[nH]c2cc(F)ccc12. The fourth-order valence-electron chi connectivity index (χ4n) is 2.80. The van der Waals surface area contributed by atoms with Crippen LogP contribution in [0.15, 0.2) is 48.5 Å². The van der Waals surface area contributed by atoms with Crippen LogP contribution in [0.25, 0.3) is 22.2 Å². The van der Waals surface area contributed by atoms with Crippen LogP contribution < -0.4 is 0 Å². The van der Waals surface area contributed by atoms with E-state index in [4.69, 9.17) is 4.74 Å². The molecule has 2 aromatic carbocycles. The molecule has 0 saturated heterocycles. The summed E-state index contributed by atoms with van der Waals surface area (Å²) in [5, 5.41) is 0.939. The van der Waals surface area contributed by atoms with E-state index in [0.29, 0.717) is 19.4 Å². The second kappa shape index (κ2) is 6.65. The van der Waals surface area contributed by atoms with Crippen molar-refractivity contribution < 1.29 is 13.9 Å². The molecule has 0 atom stereocenters. The van der Waals surface area contributed by atoms with Gasteiger partial charge in [0, 0.05) is 23.0 Å². The monoisotopic (exact) mass is 311 g/mol. The number of aryl methyl sites for hydroxylation is 1. The van der Waals surface area contributed by atoms with Crippen LogP contribution in [-0.2, 0) is 16.0 Å². The number of halogens is 1. The molecule has 0 bridgehead atoms. The molecule has 0 aliphatic rings. The Labute approximate surface area is 134 Å². The van der Waals surface area contributed by atoms with Crippen molar-refractivity contribution in [2.24, 2.45) is 0 Å². The third-order valence-electron chi connectivity index (χ3n) is 3.82. The number of nitrogens with one attached hydrogen (secondary N) is 1. The number of ether oxygens (including phenoxy) is 1. The van der Waals surface area contributed by atoms with Gasteiger partial charge >= 0.3 is 5.97 Å². The third kappa shape index (κ3) is 3.26. The molecular formula is C19H18FNO2. The minimum Gasteiger partial charge on any atom is -0.466 e. The number of hydrogen-bond donors (Lipinski definition) is 1. The zero-order valence-corrected chi connectivity index (χ0v) is 12.9. The van der Waals surface area contributed by atoms with Gasteiger partial charge in [0.15, 0.2) is 0 Å². The van der Waals surface area contributed by atoms with Crippen molar-refractivity contribution in [1.82, 2.24) is 4.98 Å². The van der Waals surface area contributed by atoms with Crippen LogP contribution >= 0.6 is 0 Å². The van der Waals surface area contributed by atoms with Crippen molar-refractivity contribution in [1.29, 1.82) is 0 Å². The largest absolute Gasteiger partial charge is 0.466 e. The third-order valence-corrected chi connectivity index (χ3v) is 3.82. The Bertz CT molecular complexity index is 824. The Hall–Kier alpha value is -2.62. The molecule has 0 aliphatic heterocycles. The molecule has 1 N–H and O–H groups in total. The molecule has 23 heavy (non-hydrogen) atoms. The number of rotatable bonds is 5. The molecule has 3 rings (SSSR count). The summed E-state index contributed by atoms with van der Waals surface area (Å²) in [5.74, 6) is -0.502. The van der Waals surface area contributed by atoms with Crippen LogP contribution in [0, 0.1) is 5.82 Å². The molecule has 1 aromatic heterocycles. The molecule has 0 radical (unpaired) electrons. The topological polar surface area (TPSA) is 42.1 Å². The Kier molecular flexibility index (Phi) is 4.42. The lowest BCUT2D eigenvalue weighted by Gasteiger charge is -2.05. The molecule has 0 aliphatic carbocycles. The molecule has 0 fully saturated rings. The first-order valence-corrected chi connectivity index (χ1v) is 7.70. The Morgan fingerprint density at radius 1 is 1.17 bits per heavy atom. The normalized spacial score (nSPS) is 10.9. The van der Waals surface area contributed by atoms with E-state index >= 15 is 0 Å². The van der Waals surface area contributed by atoms with Gasteiger partial charge < -0.3 is 9.72 Å². The lowest BCUT2D eigenvalue weighted by molar-refractivity contribution is -0.143. The van der Waals surface area contributed by atoms with E-state index in [9.17, 15) is 9.18 Å². The Morgan fingerprint density at radius 3 is 2.70 bits per heavy atom. The van der Waals surface area contributed by atoms with Gasteiger partial charge in [0.05, 0.1) is 6.61 Å². The van der Waals surface area contributed by atoms with E-state index in [2.05, 4.69) is 4.98 Å². The first kappa shape index (κ1) is 15.3. The maximum Gasteiger partial charge on any atom is 0.306 e. The van der Waals surface area contributed by atoms with E-state index in [0.717, 1.165) is 27.7 Å². The van der Waals surface area contributed by atoms with Gasteiger partial charge in [0.2, 0.25) is 0 Å². The van der Waals surface area contributed by atoms with Crippen molar-refractivity contribution in [3.05, 3.63) is 59.9 Å². The fourth-order valence-corrected chi connectivity index (χ4v) is 2.80. The highest BCUT2D eigenvalue weighted by Crippen LogP contribution is 2.31. The highest BCUT2D eigenvalue weighted by atomic mass is 19.1. The van der Waals surface area contributed by atoms with E-state index in [-0.39, 0.29) is 11.8 Å². The van der Waals surface area contributed by atoms with Crippen LogP contribution in [0.2, 0.25) is 0 Å². The second-order valence-corrected chi connectivity index (χ2v) is 5.34. The molecule has 0 amide bonds. The number of aromatic amines is 1. The summed E-state index contributed by atoms with van der Waals surface area (Å²) in [4.78, 5) is 15.0. The van der Waals surface area contributed by atoms with Crippen LogP contribution in [0.5, 0.6) is 0 Å². The number of carbonyl (C=O) groups excluding carboxylic acids is 1. The predicted molar refractivity (Wildman–Crippen MR) is 88.6 cm³/mol. The first-order chi connectivity index (χ1) is 11.2. The minimum absolute atomic E-state index is 0.219. The smallest absolute Gasteiger partial charge is 0.306 e. The van der Waals surface area contributed by atoms with Crippen LogP contribution in [0.3, 0.4) is 0 Å². The molecule has 118 valence electrons. The molecule has 0 unspecified atom stereocenters. The molecule has 1 heterocycles. The number of fused-ring (bicyclic) bond motifs is 1. The number of hydrogen-bond acceptors (Lipinski definition) is 2. The molecule has 0 saturated carbocycles. The van der Waals surface area contributed by atoms with E-state index in [1.165, 1.54) is 12.1 Å². The van der Waals surface area contributed by atoms with Gasteiger partial charge in [-0.05, 0) is 42.7 Å². The van der Waals surface area contributed by atoms with Crippen molar-refractivity contribution in [3.8, 4) is 11.3 Å². The maximum absolute atomic E-state index is 13.5. The Balaban J connectivity index is 2.03. The highest BCUT2D eigenvalue weighted by Gasteiger charge is 2.15. The average Bonchev–Trinajstić information content (AvgIpc) is 2.91. The van der Waals surface area contributed by atoms with Crippen molar-refractivity contribution in [2.75, 3.05) is 6.61 Å². The molecule has 4 heteroatoms. The number of benzene rings is 2. The van der Waals surface area contributed by atoms with Crippen LogP contribution in [0.1, 0.15) is 18.9 Å². The first-order valence-electron chi connectivity index (χ1n) is 7.70. The lowest BCUT2D eigenvalue weighted by Crippen LogP contribution is -2.05. The zero-order valence-electron chi connectivity index (χ0n) is 12.9. The quantitative estimate of drug-likeness (QED) is 0.706. The van der Waals surface area contributed by atoms with E-state index in [1.54, 1.807) is 13.0 Å². The summed E-state index contributed by atoms with van der Waals surface area (Å²) in [6.45, 7) is 2.17. The molecule has 3 nitrogen and oxygen atoms in total. The number of carbonyl (C=O) groups is 1.